The Hall–Kier alpha value is -2.37. The fraction of sp³-hybridized carbons (Fsp3) is 0.423. The molecule has 0 spiro atoms. The summed E-state index contributed by atoms with van der Waals surface area (Å²) in [6.07, 6.45) is 6.56. The van der Waals surface area contributed by atoms with Crippen LogP contribution in [0.2, 0.25) is 5.02 Å². The van der Waals surface area contributed by atoms with Crippen molar-refractivity contribution in [2.24, 2.45) is 5.92 Å². The van der Waals surface area contributed by atoms with Crippen LogP contribution in [-0.2, 0) is 9.53 Å². The zero-order valence-corrected chi connectivity index (χ0v) is 18.7. The summed E-state index contributed by atoms with van der Waals surface area (Å²) >= 11 is 6.18. The molecule has 0 unspecified atom stereocenters. The van der Waals surface area contributed by atoms with Gasteiger partial charge in [-0.15, -0.1) is 0 Å². The third-order valence-electron chi connectivity index (χ3n) is 7.17. The maximum absolute atomic E-state index is 14.0. The van der Waals surface area contributed by atoms with Crippen LogP contribution in [0.3, 0.4) is 0 Å². The van der Waals surface area contributed by atoms with Crippen LogP contribution in [0, 0.1) is 11.7 Å². The van der Waals surface area contributed by atoms with Gasteiger partial charge in [0.15, 0.2) is 0 Å². The summed E-state index contributed by atoms with van der Waals surface area (Å²) < 4.78 is 21.8. The number of fused-ring (bicyclic) bond motifs is 1. The smallest absolute Gasteiger partial charge is 0.141 e. The average Bonchev–Trinajstić information content (AvgIpc) is 3.15. The van der Waals surface area contributed by atoms with E-state index in [0.29, 0.717) is 25.0 Å². The molecule has 1 aromatic heterocycles. The standard InChI is InChI=1S/C26H27ClFNO3/c27-22-13-19(5-7-23(22)28)29-24-8-6-20(31)14-21(24)25(17-3-1-16(15-30)2-4-17)26(29)18-9-11-32-12-10-18/h5-8,13-18,31H,1-4,9-12H2. The summed E-state index contributed by atoms with van der Waals surface area (Å²) in [7, 11) is 0. The number of aromatic nitrogens is 1. The minimum Gasteiger partial charge on any atom is -0.508 e. The summed E-state index contributed by atoms with van der Waals surface area (Å²) in [5.74, 6) is 0.527. The Morgan fingerprint density at radius 3 is 2.44 bits per heavy atom. The number of rotatable bonds is 4. The van der Waals surface area contributed by atoms with Gasteiger partial charge in [-0.2, -0.15) is 0 Å². The average molecular weight is 456 g/mol. The molecule has 168 valence electrons. The van der Waals surface area contributed by atoms with Crippen molar-refractivity contribution >= 4 is 28.8 Å². The lowest BCUT2D eigenvalue weighted by molar-refractivity contribution is -0.111. The van der Waals surface area contributed by atoms with Gasteiger partial charge in [0.25, 0.3) is 0 Å². The molecule has 0 bridgehead atoms. The lowest BCUT2D eigenvalue weighted by atomic mass is 9.76. The highest BCUT2D eigenvalue weighted by atomic mass is 35.5. The molecule has 2 aromatic carbocycles. The highest BCUT2D eigenvalue weighted by Gasteiger charge is 2.33. The van der Waals surface area contributed by atoms with Gasteiger partial charge in [-0.05, 0) is 86.4 Å². The number of hydrogen-bond acceptors (Lipinski definition) is 3. The first kappa shape index (κ1) is 21.5. The van der Waals surface area contributed by atoms with Crippen LogP contribution in [0.25, 0.3) is 16.6 Å². The third-order valence-corrected chi connectivity index (χ3v) is 7.46. The van der Waals surface area contributed by atoms with Crippen LogP contribution in [0.1, 0.15) is 61.6 Å². The van der Waals surface area contributed by atoms with E-state index in [0.717, 1.165) is 61.4 Å². The summed E-state index contributed by atoms with van der Waals surface area (Å²) in [4.78, 5) is 11.3. The second-order valence-electron chi connectivity index (χ2n) is 9.07. The Balaban J connectivity index is 1.76. The second kappa shape index (κ2) is 8.87. The van der Waals surface area contributed by atoms with Crippen molar-refractivity contribution in [3.05, 3.63) is 58.5 Å². The minimum atomic E-state index is -0.440. The molecule has 2 fully saturated rings. The van der Waals surface area contributed by atoms with Crippen LogP contribution in [-0.4, -0.2) is 29.2 Å². The fourth-order valence-corrected chi connectivity index (χ4v) is 5.75. The molecule has 0 amide bonds. The van der Waals surface area contributed by atoms with E-state index in [1.807, 2.05) is 12.1 Å². The molecule has 0 atom stereocenters. The van der Waals surface area contributed by atoms with E-state index in [1.54, 1.807) is 18.2 Å². The monoisotopic (exact) mass is 455 g/mol. The van der Waals surface area contributed by atoms with Crippen molar-refractivity contribution in [2.45, 2.75) is 50.4 Å². The first-order valence-corrected chi connectivity index (χ1v) is 11.8. The zero-order chi connectivity index (χ0) is 22.2. The second-order valence-corrected chi connectivity index (χ2v) is 9.48. The minimum absolute atomic E-state index is 0.0918. The molecule has 32 heavy (non-hydrogen) atoms. The molecule has 1 saturated carbocycles. The van der Waals surface area contributed by atoms with Crippen molar-refractivity contribution in [2.75, 3.05) is 13.2 Å². The molecule has 4 nitrogen and oxygen atoms in total. The van der Waals surface area contributed by atoms with Gasteiger partial charge in [0.1, 0.15) is 17.9 Å². The van der Waals surface area contributed by atoms with Crippen molar-refractivity contribution in [3.63, 3.8) is 0 Å². The number of halogens is 2. The molecule has 3 aromatic rings. The van der Waals surface area contributed by atoms with Gasteiger partial charge in [0.2, 0.25) is 0 Å². The van der Waals surface area contributed by atoms with Gasteiger partial charge in [-0.3, -0.25) is 0 Å². The number of hydrogen-bond donors (Lipinski definition) is 1. The van der Waals surface area contributed by atoms with E-state index in [-0.39, 0.29) is 16.7 Å². The van der Waals surface area contributed by atoms with Gasteiger partial charge in [0.05, 0.1) is 10.5 Å². The molecular weight excluding hydrogens is 429 g/mol. The lowest BCUT2D eigenvalue weighted by Crippen LogP contribution is -2.20. The van der Waals surface area contributed by atoms with Crippen molar-refractivity contribution < 1.29 is 19.0 Å². The Bertz CT molecular complexity index is 1140. The fourth-order valence-electron chi connectivity index (χ4n) is 5.57. The molecule has 6 heteroatoms. The number of phenolic OH excluding ortho intramolecular Hbond substituents is 1. The third kappa shape index (κ3) is 3.82. The van der Waals surface area contributed by atoms with E-state index in [4.69, 9.17) is 16.3 Å². The Labute approximate surface area is 191 Å². The van der Waals surface area contributed by atoms with Crippen LogP contribution in [0.5, 0.6) is 5.75 Å². The van der Waals surface area contributed by atoms with E-state index < -0.39 is 5.82 Å². The van der Waals surface area contributed by atoms with E-state index in [2.05, 4.69) is 4.57 Å². The molecule has 1 saturated heterocycles. The number of carbonyl (C=O) groups excluding carboxylic acids is 1. The molecule has 0 radical (unpaired) electrons. The number of carbonyl (C=O) groups is 1. The van der Waals surface area contributed by atoms with Gasteiger partial charge in [-0.25, -0.2) is 4.39 Å². The van der Waals surface area contributed by atoms with E-state index >= 15 is 0 Å². The first-order chi connectivity index (χ1) is 15.6. The van der Waals surface area contributed by atoms with Gasteiger partial charge < -0.3 is 19.2 Å². The zero-order valence-electron chi connectivity index (χ0n) is 17.9. The maximum Gasteiger partial charge on any atom is 0.141 e. The highest BCUT2D eigenvalue weighted by molar-refractivity contribution is 6.30. The summed E-state index contributed by atoms with van der Waals surface area (Å²) in [6.45, 7) is 1.41. The topological polar surface area (TPSA) is 51.5 Å². The van der Waals surface area contributed by atoms with Crippen LogP contribution < -0.4 is 0 Å². The normalized spacial score (nSPS) is 22.3. The summed E-state index contributed by atoms with van der Waals surface area (Å²) in [6, 6.07) is 10.3. The number of benzene rings is 2. The highest BCUT2D eigenvalue weighted by Crippen LogP contribution is 2.47. The van der Waals surface area contributed by atoms with Crippen molar-refractivity contribution in [1.29, 1.82) is 0 Å². The predicted octanol–water partition coefficient (Wildman–Crippen LogP) is 6.50. The van der Waals surface area contributed by atoms with Crippen LogP contribution in [0.15, 0.2) is 36.4 Å². The Morgan fingerprint density at radius 1 is 1.00 bits per heavy atom. The number of aldehydes is 1. The summed E-state index contributed by atoms with van der Waals surface area (Å²) in [5.41, 5.74) is 4.28. The SMILES string of the molecule is O=CC1CCC(c2c(C3CCOCC3)n(-c3ccc(F)c(Cl)c3)c3ccc(O)cc23)CC1. The number of aromatic hydroxyl groups is 1. The molecule has 5 rings (SSSR count). The van der Waals surface area contributed by atoms with Gasteiger partial charge in [0, 0.05) is 41.8 Å². The van der Waals surface area contributed by atoms with Crippen molar-refractivity contribution in [1.82, 2.24) is 4.57 Å². The summed E-state index contributed by atoms with van der Waals surface area (Å²) in [5, 5.41) is 11.5. The Kier molecular flexibility index (Phi) is 5.95. The Morgan fingerprint density at radius 2 is 1.75 bits per heavy atom. The lowest BCUT2D eigenvalue weighted by Gasteiger charge is -2.30. The molecule has 1 N–H and O–H groups in total. The van der Waals surface area contributed by atoms with Crippen LogP contribution >= 0.6 is 11.6 Å². The van der Waals surface area contributed by atoms with E-state index in [1.165, 1.54) is 17.3 Å². The number of phenols is 1. The first-order valence-electron chi connectivity index (χ1n) is 11.4. The molecule has 1 aliphatic carbocycles. The molecule has 1 aliphatic heterocycles. The predicted molar refractivity (Wildman–Crippen MR) is 123 cm³/mol. The maximum atomic E-state index is 14.0. The van der Waals surface area contributed by atoms with Gasteiger partial charge in [-0.1, -0.05) is 11.6 Å². The largest absolute Gasteiger partial charge is 0.508 e. The van der Waals surface area contributed by atoms with E-state index in [9.17, 15) is 14.3 Å². The molecule has 2 aliphatic rings. The van der Waals surface area contributed by atoms with Gasteiger partial charge >= 0.3 is 0 Å². The quantitative estimate of drug-likeness (QED) is 0.457. The number of nitrogens with zero attached hydrogens (tertiary/aromatic N) is 1. The molecule has 2 heterocycles. The van der Waals surface area contributed by atoms with Crippen LogP contribution in [0.4, 0.5) is 4.39 Å². The molecular formula is C26H27ClFNO3. The number of ether oxygens (including phenoxy) is 1. The van der Waals surface area contributed by atoms with Crippen molar-refractivity contribution in [3.8, 4) is 11.4 Å².